The highest BCUT2D eigenvalue weighted by atomic mass is 35.5. The molecule has 44 heteroatoms. The fourth-order valence-electron chi connectivity index (χ4n) is 8.08. The van der Waals surface area contributed by atoms with Crippen LogP contribution >= 0.6 is 23.2 Å². The lowest BCUT2D eigenvalue weighted by atomic mass is 10.1. The van der Waals surface area contributed by atoms with Crippen molar-refractivity contribution >= 4 is 162 Å². The molecule has 0 fully saturated rings. The monoisotopic (exact) mass is 1380 g/mol. The molecule has 0 radical (unpaired) electrons. The Morgan fingerprint density at radius 1 is 0.416 bits per heavy atom. The summed E-state index contributed by atoms with van der Waals surface area (Å²) in [6.07, 6.45) is 0. The maximum Gasteiger partial charge on any atom is 0.296 e. The lowest BCUT2D eigenvalue weighted by Crippen LogP contribution is -2.27. The van der Waals surface area contributed by atoms with Crippen LogP contribution in [-0.4, -0.2) is 118 Å². The number of halogens is 2. The molecule has 89 heavy (non-hydrogen) atoms. The zero-order valence-corrected chi connectivity index (χ0v) is 49.9. The van der Waals surface area contributed by atoms with Crippen LogP contribution in [0.4, 0.5) is 56.9 Å². The minimum absolute atomic E-state index is 0.0933. The zero-order chi connectivity index (χ0) is 65.2. The third kappa shape index (κ3) is 14.3. The Morgan fingerprint density at radius 2 is 0.787 bits per heavy atom. The second-order valence-electron chi connectivity index (χ2n) is 18.0. The molecular formula is C45H34Cl2N16O20S6. The van der Waals surface area contributed by atoms with Crippen LogP contribution in [0.2, 0.25) is 10.6 Å². The number of aromatic amines is 4. The number of benzene rings is 7. The number of aryl methyl sites for hydroxylation is 1. The molecular weight excluding hydrogens is 1350 g/mol. The number of rotatable bonds is 14. The fraction of sp³-hybridized carbons (Fsp3) is 0.0222. The number of nitrogens with one attached hydrogen (secondary N) is 4. The molecule has 16 N–H and O–H groups in total. The minimum atomic E-state index is -5.24. The van der Waals surface area contributed by atoms with Gasteiger partial charge in [0.05, 0.1) is 54.7 Å². The summed E-state index contributed by atoms with van der Waals surface area (Å²) in [6.45, 7) is 1.70. The first kappa shape index (κ1) is 64.2. The molecule has 9 aromatic rings. The Labute approximate surface area is 506 Å². The number of phenolic OH excluding ortho intramolecular Hbond substituents is 2. The molecule has 2 heterocycles. The van der Waals surface area contributed by atoms with E-state index < -0.39 is 157 Å². The average Bonchev–Trinajstić information content (AvgIpc) is 0.794. The molecule has 36 nitrogen and oxygen atoms in total. The van der Waals surface area contributed by atoms with E-state index in [9.17, 15) is 88.0 Å². The molecule has 0 saturated carbocycles. The maximum absolute atomic E-state index is 12.7. The summed E-state index contributed by atoms with van der Waals surface area (Å²) in [6, 6.07) is 14.3. The standard InChI is InChI=1S/C45H34Cl2N16O20S6/c1-17-2-5-24(52-44-56-40(46)54-42(58-44)50-20-3-6-25(30(13-20)86(72,73)74)60-62-38-34-18(11-32(36(38)48)88(78,79)80)9-22(15-28(34)64)84(66,67)68)27(8-17)53-45-57-41(47)55-43(59-45)51-21-4-7-26(31(14-21)87(75,76)77)61-63-39-35-19(12-33(37(39)49)89(81,82)83)10-23(16-29(35)65)85(69,70)71/h2-16,64-65H,48-49H2,1H3,(H,66,67,68)(H,69,70,71)(H,72,73,74)(H,75,76,77)(H,78,79,80)(H,81,82,83)(H2,50,52,54,56,58)(H2,51,53,55,57,59). The van der Waals surface area contributed by atoms with Gasteiger partial charge in [0.2, 0.25) is 33.0 Å². The highest BCUT2D eigenvalue weighted by Crippen LogP contribution is 2.46. The number of nitrogen functional groups attached to an aromatic ring is 2. The Morgan fingerprint density at radius 3 is 1.16 bits per heavy atom. The number of hydrogen-bond acceptors (Lipinski definition) is 26. The van der Waals surface area contributed by atoms with Crippen LogP contribution in [-0.2, 0) is 60.7 Å². The van der Waals surface area contributed by atoms with Gasteiger partial charge >= 0.3 is 0 Å². The van der Waals surface area contributed by atoms with Crippen LogP contribution in [0.3, 0.4) is 0 Å². The number of phenols is 2. The van der Waals surface area contributed by atoms with Gasteiger partial charge in [-0.25, -0.2) is 20.0 Å². The van der Waals surface area contributed by atoms with E-state index in [2.05, 4.69) is 70.3 Å². The first-order chi connectivity index (χ1) is 41.2. The Bertz CT molecular complexity index is 5690. The smallest absolute Gasteiger partial charge is 0.296 e. The summed E-state index contributed by atoms with van der Waals surface area (Å²) in [4.78, 5) is 30.5. The summed E-state index contributed by atoms with van der Waals surface area (Å²) in [5.74, 6) is -1.88. The van der Waals surface area contributed by atoms with Crippen molar-refractivity contribution in [3.63, 3.8) is 0 Å². The van der Waals surface area contributed by atoms with Crippen molar-refractivity contribution < 1.29 is 88.0 Å². The number of anilines is 2. The normalized spacial score (nSPS) is 13.9. The number of nitrogens with two attached hydrogens (primary N) is 2. The van der Waals surface area contributed by atoms with Crippen LogP contribution in [0.15, 0.2) is 161 Å². The second-order valence-corrected chi connectivity index (χ2v) is 27.1. The van der Waals surface area contributed by atoms with E-state index >= 15 is 0 Å². The highest BCUT2D eigenvalue weighted by Gasteiger charge is 2.27. The van der Waals surface area contributed by atoms with Gasteiger partial charge in [-0.3, -0.25) is 37.3 Å². The Hall–Kier alpha value is -9.28. The molecule has 0 saturated heterocycles. The van der Waals surface area contributed by atoms with Crippen LogP contribution in [0.5, 0.6) is 11.5 Å². The average molecular weight is 1380 g/mol. The summed E-state index contributed by atoms with van der Waals surface area (Å²) in [5, 5.41) is 34.1. The van der Waals surface area contributed by atoms with Gasteiger partial charge in [0.15, 0.2) is 0 Å². The number of hydrogen-bond donors (Lipinski definition) is 14. The van der Waals surface area contributed by atoms with Crippen molar-refractivity contribution in [1.29, 1.82) is 0 Å². The number of fused-ring (bicyclic) bond motifs is 2. The van der Waals surface area contributed by atoms with E-state index in [1.54, 1.807) is 19.1 Å². The van der Waals surface area contributed by atoms with Crippen molar-refractivity contribution in [1.82, 2.24) is 29.9 Å². The van der Waals surface area contributed by atoms with E-state index in [0.717, 1.165) is 36.4 Å². The van der Waals surface area contributed by atoms with Crippen molar-refractivity contribution in [3.05, 3.63) is 130 Å². The van der Waals surface area contributed by atoms with E-state index in [-0.39, 0.29) is 55.8 Å². The largest absolute Gasteiger partial charge is 0.507 e. The maximum atomic E-state index is 12.7. The predicted molar refractivity (Wildman–Crippen MR) is 308 cm³/mol. The van der Waals surface area contributed by atoms with Crippen molar-refractivity contribution in [3.8, 4) is 11.5 Å². The molecule has 0 amide bonds. The summed E-state index contributed by atoms with van der Waals surface area (Å²) in [5.41, 5.74) is 6.79. The second kappa shape index (κ2) is 23.3. The molecule has 0 spiro atoms. The third-order valence-electron chi connectivity index (χ3n) is 11.8. The number of azo groups is 2. The van der Waals surface area contributed by atoms with Gasteiger partial charge in [-0.2, -0.15) is 60.5 Å². The molecule has 9 rings (SSSR count). The molecule has 464 valence electrons. The summed E-state index contributed by atoms with van der Waals surface area (Å²) < 4.78 is 207. The molecule has 0 aliphatic heterocycles. The molecule has 0 atom stereocenters. The number of nitrogens with zero attached hydrogens (tertiary/aromatic N) is 10. The van der Waals surface area contributed by atoms with Crippen molar-refractivity contribution in [2.45, 2.75) is 36.3 Å². The summed E-state index contributed by atoms with van der Waals surface area (Å²) in [7, 11) is -30.9. The van der Waals surface area contributed by atoms with Crippen molar-refractivity contribution in [2.75, 3.05) is 11.5 Å². The summed E-state index contributed by atoms with van der Waals surface area (Å²) >= 11 is 12.6. The topological polar surface area (TPSA) is 607 Å². The lowest BCUT2D eigenvalue weighted by molar-refractivity contribution is 0.470. The van der Waals surface area contributed by atoms with Gasteiger partial charge in [0.1, 0.15) is 53.8 Å². The molecule has 0 unspecified atom stereocenters. The van der Waals surface area contributed by atoms with Gasteiger partial charge in [-0.1, -0.05) is 6.07 Å². The molecule has 0 aliphatic carbocycles. The first-order valence-electron chi connectivity index (χ1n) is 23.4. The first-order valence-corrected chi connectivity index (χ1v) is 32.8. The molecule has 2 aromatic heterocycles. The minimum Gasteiger partial charge on any atom is -0.507 e. The van der Waals surface area contributed by atoms with E-state index in [1.165, 1.54) is 6.07 Å². The SMILES string of the molecule is Cc1ccc(N=c2[nH]c(Cl)nc(=Nc3ccc(N=Nc4c(N)c(S(=O)(=O)O)cc5cc(S(=O)(=O)O)cc(O)c45)c(S(=O)(=O)O)c3)[nH]2)c(N=c2[nH]c(Cl)nc(=Nc3ccc(N=Nc4c(N)c(S(=O)(=O)O)cc5cc(S(=O)(=O)O)cc(O)c45)c(S(=O)(=O)O)c3)[nH]2)c1. The van der Waals surface area contributed by atoms with E-state index in [0.29, 0.717) is 42.0 Å². The zero-order valence-electron chi connectivity index (χ0n) is 43.5. The van der Waals surface area contributed by atoms with E-state index in [1.807, 2.05) is 0 Å². The van der Waals surface area contributed by atoms with Gasteiger partial charge in [0, 0.05) is 12.1 Å². The van der Waals surface area contributed by atoms with Gasteiger partial charge in [0.25, 0.3) is 60.7 Å². The van der Waals surface area contributed by atoms with Crippen LogP contribution in [0.1, 0.15) is 5.56 Å². The van der Waals surface area contributed by atoms with E-state index in [4.69, 9.17) is 34.7 Å². The Balaban J connectivity index is 1.07. The molecule has 0 aliphatic rings. The quantitative estimate of drug-likeness (QED) is 0.0361. The number of aromatic hydroxyl groups is 2. The van der Waals surface area contributed by atoms with Gasteiger partial charge < -0.3 is 31.6 Å². The highest BCUT2D eigenvalue weighted by molar-refractivity contribution is 7.87. The number of H-pyrrole nitrogens is 4. The third-order valence-corrected chi connectivity index (χ3v) is 17.4. The molecule has 0 bridgehead atoms. The predicted octanol–water partition coefficient (Wildman–Crippen LogP) is 5.53. The van der Waals surface area contributed by atoms with Crippen LogP contribution in [0.25, 0.3) is 21.5 Å². The lowest BCUT2D eigenvalue weighted by Gasteiger charge is -2.12. The van der Waals surface area contributed by atoms with Gasteiger partial charge in [-0.15, -0.1) is 20.5 Å². The number of aromatic nitrogens is 6. The van der Waals surface area contributed by atoms with Crippen molar-refractivity contribution in [2.24, 2.45) is 40.4 Å². The van der Waals surface area contributed by atoms with Gasteiger partial charge in [-0.05, 0) is 119 Å². The molecule has 7 aromatic carbocycles. The Kier molecular flexibility index (Phi) is 16.8. The van der Waals surface area contributed by atoms with Crippen LogP contribution in [0, 0.1) is 6.92 Å². The fourth-order valence-corrected chi connectivity index (χ4v) is 12.1. The van der Waals surface area contributed by atoms with Crippen LogP contribution < -0.4 is 33.9 Å².